The van der Waals surface area contributed by atoms with Gasteiger partial charge in [-0.2, -0.15) is 0 Å². The molecule has 86 valence electrons. The third kappa shape index (κ3) is 4.06. The van der Waals surface area contributed by atoms with E-state index in [4.69, 9.17) is 4.42 Å². The van der Waals surface area contributed by atoms with Crippen molar-refractivity contribution >= 4 is 0 Å². The number of hydrogen-bond acceptors (Lipinski definition) is 2. The molecular weight excluding hydrogens is 186 g/mol. The van der Waals surface area contributed by atoms with Crippen molar-refractivity contribution in [1.29, 1.82) is 0 Å². The van der Waals surface area contributed by atoms with Crippen molar-refractivity contribution < 1.29 is 4.42 Å². The molecule has 0 atom stereocenters. The lowest BCUT2D eigenvalue weighted by molar-refractivity contribution is 0.355. The van der Waals surface area contributed by atoms with Crippen molar-refractivity contribution in [3.63, 3.8) is 0 Å². The molecule has 0 radical (unpaired) electrons. The normalized spacial score (nSPS) is 13.2. The lowest BCUT2D eigenvalue weighted by Gasteiger charge is -2.16. The minimum atomic E-state index is 0.0868. The SMILES string of the molecule is CC(C)(C)CCc1nc(C(C)(C)C)co1. The van der Waals surface area contributed by atoms with Gasteiger partial charge in [0.2, 0.25) is 0 Å². The Morgan fingerprint density at radius 3 is 2.13 bits per heavy atom. The maximum atomic E-state index is 5.48. The van der Waals surface area contributed by atoms with Crippen molar-refractivity contribution in [2.24, 2.45) is 5.41 Å². The predicted molar refractivity (Wildman–Crippen MR) is 63.0 cm³/mol. The number of oxazole rings is 1. The van der Waals surface area contributed by atoms with Crippen molar-refractivity contribution in [2.75, 3.05) is 0 Å². The van der Waals surface area contributed by atoms with Crippen LogP contribution in [0.25, 0.3) is 0 Å². The monoisotopic (exact) mass is 209 g/mol. The zero-order chi connectivity index (χ0) is 11.7. The molecule has 0 spiro atoms. The summed E-state index contributed by atoms with van der Waals surface area (Å²) in [5, 5.41) is 0. The molecule has 0 aliphatic rings. The molecular formula is C13H23NO. The van der Waals surface area contributed by atoms with E-state index in [-0.39, 0.29) is 5.41 Å². The summed E-state index contributed by atoms with van der Waals surface area (Å²) in [7, 11) is 0. The van der Waals surface area contributed by atoms with Gasteiger partial charge in [-0.3, -0.25) is 0 Å². The molecule has 0 saturated heterocycles. The Labute approximate surface area is 93.1 Å². The first-order valence-electron chi connectivity index (χ1n) is 5.63. The largest absolute Gasteiger partial charge is 0.449 e. The van der Waals surface area contributed by atoms with E-state index in [0.717, 1.165) is 24.4 Å². The molecule has 0 saturated carbocycles. The fourth-order valence-corrected chi connectivity index (χ4v) is 1.25. The van der Waals surface area contributed by atoms with Crippen LogP contribution in [0, 0.1) is 5.41 Å². The summed E-state index contributed by atoms with van der Waals surface area (Å²) in [6.45, 7) is 13.2. The van der Waals surface area contributed by atoms with Gasteiger partial charge in [-0.15, -0.1) is 0 Å². The highest BCUT2D eigenvalue weighted by Crippen LogP contribution is 2.24. The van der Waals surface area contributed by atoms with Crippen molar-refractivity contribution in [3.05, 3.63) is 17.8 Å². The van der Waals surface area contributed by atoms with E-state index in [0.29, 0.717) is 5.41 Å². The molecule has 0 aromatic carbocycles. The molecule has 1 heterocycles. The summed E-state index contributed by atoms with van der Waals surface area (Å²) in [5.41, 5.74) is 1.48. The average Bonchev–Trinajstić information content (AvgIpc) is 2.45. The summed E-state index contributed by atoms with van der Waals surface area (Å²) in [5.74, 6) is 0.870. The van der Waals surface area contributed by atoms with Gasteiger partial charge >= 0.3 is 0 Å². The summed E-state index contributed by atoms with van der Waals surface area (Å²) in [6, 6.07) is 0. The fraction of sp³-hybridized carbons (Fsp3) is 0.769. The van der Waals surface area contributed by atoms with E-state index >= 15 is 0 Å². The van der Waals surface area contributed by atoms with Crippen LogP contribution in [0.1, 0.15) is 59.5 Å². The van der Waals surface area contributed by atoms with Crippen LogP contribution in [0.15, 0.2) is 10.7 Å². The number of rotatable bonds is 2. The maximum absolute atomic E-state index is 5.48. The smallest absolute Gasteiger partial charge is 0.194 e. The molecule has 0 N–H and O–H groups in total. The van der Waals surface area contributed by atoms with E-state index < -0.39 is 0 Å². The minimum Gasteiger partial charge on any atom is -0.449 e. The Hall–Kier alpha value is -0.790. The van der Waals surface area contributed by atoms with Crippen molar-refractivity contribution in [1.82, 2.24) is 4.98 Å². The van der Waals surface area contributed by atoms with E-state index in [1.54, 1.807) is 6.26 Å². The van der Waals surface area contributed by atoms with Gasteiger partial charge in [0.25, 0.3) is 0 Å². The third-order valence-electron chi connectivity index (χ3n) is 2.41. The number of aromatic nitrogens is 1. The third-order valence-corrected chi connectivity index (χ3v) is 2.41. The quantitative estimate of drug-likeness (QED) is 0.737. The van der Waals surface area contributed by atoms with Crippen molar-refractivity contribution in [3.8, 4) is 0 Å². The van der Waals surface area contributed by atoms with Gasteiger partial charge in [-0.25, -0.2) is 4.98 Å². The van der Waals surface area contributed by atoms with Gasteiger partial charge in [0.05, 0.1) is 5.69 Å². The van der Waals surface area contributed by atoms with Gasteiger partial charge in [0, 0.05) is 11.8 Å². The first kappa shape index (κ1) is 12.3. The topological polar surface area (TPSA) is 26.0 Å². The van der Waals surface area contributed by atoms with Crippen LogP contribution in [0.3, 0.4) is 0 Å². The molecule has 15 heavy (non-hydrogen) atoms. The zero-order valence-electron chi connectivity index (χ0n) is 10.8. The lowest BCUT2D eigenvalue weighted by Crippen LogP contribution is -2.12. The Morgan fingerprint density at radius 1 is 1.13 bits per heavy atom. The van der Waals surface area contributed by atoms with E-state index in [1.807, 2.05) is 0 Å². The highest BCUT2D eigenvalue weighted by atomic mass is 16.3. The molecule has 0 aliphatic carbocycles. The van der Waals surface area contributed by atoms with Gasteiger partial charge < -0.3 is 4.42 Å². The van der Waals surface area contributed by atoms with Crippen LogP contribution < -0.4 is 0 Å². The Balaban J connectivity index is 2.62. The predicted octanol–water partition coefficient (Wildman–Crippen LogP) is 3.95. The lowest BCUT2D eigenvalue weighted by atomic mass is 9.90. The molecule has 0 aliphatic heterocycles. The molecule has 2 heteroatoms. The van der Waals surface area contributed by atoms with Gasteiger partial charge in [0.15, 0.2) is 5.89 Å². The van der Waals surface area contributed by atoms with Crippen LogP contribution in [-0.4, -0.2) is 4.98 Å². The number of aryl methyl sites for hydroxylation is 1. The molecule has 1 aromatic rings. The Bertz CT molecular complexity index is 312. The van der Waals surface area contributed by atoms with Crippen LogP contribution >= 0.6 is 0 Å². The standard InChI is InChI=1S/C13H23NO/c1-12(2,3)8-7-11-14-10(9-15-11)13(4,5)6/h9H,7-8H2,1-6H3. The number of nitrogens with zero attached hydrogens (tertiary/aromatic N) is 1. The number of hydrogen-bond donors (Lipinski definition) is 0. The van der Waals surface area contributed by atoms with Gasteiger partial charge in [0.1, 0.15) is 6.26 Å². The van der Waals surface area contributed by atoms with Crippen LogP contribution in [0.4, 0.5) is 0 Å². The van der Waals surface area contributed by atoms with Crippen LogP contribution in [0.2, 0.25) is 0 Å². The Kier molecular flexibility index (Phi) is 3.27. The second-order valence-electron chi connectivity index (χ2n) is 6.44. The zero-order valence-corrected chi connectivity index (χ0v) is 10.8. The average molecular weight is 209 g/mol. The summed E-state index contributed by atoms with van der Waals surface area (Å²) >= 11 is 0. The molecule has 0 bridgehead atoms. The molecule has 0 fully saturated rings. The van der Waals surface area contributed by atoms with Crippen molar-refractivity contribution in [2.45, 2.75) is 59.8 Å². The molecule has 1 aromatic heterocycles. The van der Waals surface area contributed by atoms with E-state index in [1.165, 1.54) is 0 Å². The van der Waals surface area contributed by atoms with E-state index in [9.17, 15) is 0 Å². The first-order valence-corrected chi connectivity index (χ1v) is 5.63. The highest BCUT2D eigenvalue weighted by Gasteiger charge is 2.19. The highest BCUT2D eigenvalue weighted by molar-refractivity contribution is 5.08. The second kappa shape index (κ2) is 3.99. The van der Waals surface area contributed by atoms with Crippen LogP contribution in [-0.2, 0) is 11.8 Å². The van der Waals surface area contributed by atoms with E-state index in [2.05, 4.69) is 46.5 Å². The molecule has 1 rings (SSSR count). The second-order valence-corrected chi connectivity index (χ2v) is 6.44. The summed E-state index contributed by atoms with van der Waals surface area (Å²) in [6.07, 6.45) is 3.83. The first-order chi connectivity index (χ1) is 6.68. The Morgan fingerprint density at radius 2 is 1.73 bits per heavy atom. The van der Waals surface area contributed by atoms with Gasteiger partial charge in [-0.1, -0.05) is 41.5 Å². The summed E-state index contributed by atoms with van der Waals surface area (Å²) < 4.78 is 5.48. The summed E-state index contributed by atoms with van der Waals surface area (Å²) in [4.78, 5) is 4.52. The molecule has 2 nitrogen and oxygen atoms in total. The molecule has 0 unspecified atom stereocenters. The maximum Gasteiger partial charge on any atom is 0.194 e. The molecule has 0 amide bonds. The fourth-order valence-electron chi connectivity index (χ4n) is 1.25. The minimum absolute atomic E-state index is 0.0868. The van der Waals surface area contributed by atoms with Gasteiger partial charge in [-0.05, 0) is 11.8 Å². The van der Waals surface area contributed by atoms with Crippen LogP contribution in [0.5, 0.6) is 0 Å².